The number of hydrogen-bond acceptors (Lipinski definition) is 3. The molecule has 0 radical (unpaired) electrons. The molecule has 0 aliphatic carbocycles. The van der Waals surface area contributed by atoms with Gasteiger partial charge in [-0.25, -0.2) is 4.39 Å². The molecule has 3 nitrogen and oxygen atoms in total. The maximum absolute atomic E-state index is 13.1. The van der Waals surface area contributed by atoms with Crippen LogP contribution in [0, 0.1) is 5.82 Å². The molecule has 2 rings (SSSR count). The lowest BCUT2D eigenvalue weighted by Crippen LogP contribution is -2.51. The summed E-state index contributed by atoms with van der Waals surface area (Å²) >= 11 is 0. The molecular weight excluding hydrogens is 231 g/mol. The van der Waals surface area contributed by atoms with Crippen molar-refractivity contribution >= 4 is 0 Å². The van der Waals surface area contributed by atoms with Crippen LogP contribution < -0.4 is 0 Å². The van der Waals surface area contributed by atoms with Crippen molar-refractivity contribution in [3.63, 3.8) is 0 Å². The highest BCUT2D eigenvalue weighted by molar-refractivity contribution is 5.16. The number of aliphatic hydroxyl groups is 1. The Hall–Kier alpha value is -0.970. The third kappa shape index (κ3) is 3.51. The Kier molecular flexibility index (Phi) is 4.69. The highest BCUT2D eigenvalue weighted by Crippen LogP contribution is 2.14. The minimum Gasteiger partial charge on any atom is -0.396 e. The Labute approximate surface area is 108 Å². The first-order valence-electron chi connectivity index (χ1n) is 6.47. The number of aliphatic hydroxyl groups excluding tert-OH is 1. The van der Waals surface area contributed by atoms with Gasteiger partial charge in [-0.05, 0) is 31.2 Å². The number of likely N-dealkylation sites (N-methyl/N-ethyl adjacent to an activating group) is 1. The Morgan fingerprint density at radius 3 is 2.94 bits per heavy atom. The van der Waals surface area contributed by atoms with Crippen molar-refractivity contribution in [2.24, 2.45) is 0 Å². The Morgan fingerprint density at radius 1 is 1.39 bits per heavy atom. The fraction of sp³-hybridized carbons (Fsp3) is 0.571. The Balaban J connectivity index is 1.94. The second-order valence-corrected chi connectivity index (χ2v) is 5.01. The molecule has 0 amide bonds. The molecular formula is C14H21FN2O. The highest BCUT2D eigenvalue weighted by Gasteiger charge is 2.23. The second-order valence-electron chi connectivity index (χ2n) is 5.01. The maximum atomic E-state index is 13.1. The lowest BCUT2D eigenvalue weighted by atomic mass is 10.1. The van der Waals surface area contributed by atoms with Crippen molar-refractivity contribution in [3.05, 3.63) is 35.6 Å². The summed E-state index contributed by atoms with van der Waals surface area (Å²) in [4.78, 5) is 4.62. The molecule has 4 heteroatoms. The van der Waals surface area contributed by atoms with Crippen LogP contribution in [0.15, 0.2) is 24.3 Å². The summed E-state index contributed by atoms with van der Waals surface area (Å²) in [5.41, 5.74) is 1.02. The van der Waals surface area contributed by atoms with E-state index in [1.54, 1.807) is 12.1 Å². The van der Waals surface area contributed by atoms with Crippen LogP contribution >= 0.6 is 0 Å². The summed E-state index contributed by atoms with van der Waals surface area (Å²) in [7, 11) is 2.10. The predicted octanol–water partition coefficient (Wildman–Crippen LogP) is 1.32. The van der Waals surface area contributed by atoms with Gasteiger partial charge in [-0.15, -0.1) is 0 Å². The zero-order valence-electron chi connectivity index (χ0n) is 10.8. The normalized spacial score (nSPS) is 22.3. The number of piperazine rings is 1. The third-order valence-electron chi connectivity index (χ3n) is 3.62. The van der Waals surface area contributed by atoms with Crippen molar-refractivity contribution in [2.45, 2.75) is 19.0 Å². The molecule has 0 aromatic heterocycles. The van der Waals surface area contributed by atoms with Crippen molar-refractivity contribution in [2.75, 3.05) is 33.3 Å². The number of halogens is 1. The molecule has 1 heterocycles. The largest absolute Gasteiger partial charge is 0.396 e. The number of nitrogens with zero attached hydrogens (tertiary/aromatic N) is 2. The zero-order valence-corrected chi connectivity index (χ0v) is 10.8. The summed E-state index contributed by atoms with van der Waals surface area (Å²) in [6.07, 6.45) is 0.802. The van der Waals surface area contributed by atoms with Gasteiger partial charge in [0.1, 0.15) is 5.82 Å². The van der Waals surface area contributed by atoms with Crippen molar-refractivity contribution in [1.82, 2.24) is 9.80 Å². The number of hydrogen-bond donors (Lipinski definition) is 1. The van der Waals surface area contributed by atoms with E-state index in [9.17, 15) is 4.39 Å². The first-order valence-corrected chi connectivity index (χ1v) is 6.47. The molecule has 0 spiro atoms. The van der Waals surface area contributed by atoms with Gasteiger partial charge in [-0.3, -0.25) is 4.90 Å². The fourth-order valence-electron chi connectivity index (χ4n) is 2.51. The smallest absolute Gasteiger partial charge is 0.123 e. The summed E-state index contributed by atoms with van der Waals surface area (Å²) in [5.74, 6) is -0.173. The first-order chi connectivity index (χ1) is 8.69. The van der Waals surface area contributed by atoms with E-state index in [4.69, 9.17) is 5.11 Å². The summed E-state index contributed by atoms with van der Waals surface area (Å²) in [6.45, 7) is 3.94. The van der Waals surface area contributed by atoms with Crippen LogP contribution in [0.25, 0.3) is 0 Å². The first kappa shape index (κ1) is 13.5. The van der Waals surface area contributed by atoms with E-state index in [2.05, 4.69) is 16.8 Å². The molecule has 1 aromatic carbocycles. The van der Waals surface area contributed by atoms with E-state index in [0.717, 1.165) is 38.2 Å². The van der Waals surface area contributed by atoms with Crippen LogP contribution in [0.4, 0.5) is 4.39 Å². The molecule has 1 aromatic rings. The average Bonchev–Trinajstić information content (AvgIpc) is 2.34. The number of rotatable bonds is 4. The monoisotopic (exact) mass is 252 g/mol. The van der Waals surface area contributed by atoms with Crippen LogP contribution in [0.2, 0.25) is 0 Å². The molecule has 100 valence electrons. The van der Waals surface area contributed by atoms with Gasteiger partial charge in [0.2, 0.25) is 0 Å². The molecule has 0 saturated carbocycles. The van der Waals surface area contributed by atoms with Gasteiger partial charge in [-0.2, -0.15) is 0 Å². The predicted molar refractivity (Wildman–Crippen MR) is 69.8 cm³/mol. The lowest BCUT2D eigenvalue weighted by Gasteiger charge is -2.39. The van der Waals surface area contributed by atoms with Crippen molar-refractivity contribution < 1.29 is 9.50 Å². The van der Waals surface area contributed by atoms with E-state index in [-0.39, 0.29) is 12.4 Å². The summed E-state index contributed by atoms with van der Waals surface area (Å²) in [6, 6.07) is 7.19. The minimum atomic E-state index is -0.173. The summed E-state index contributed by atoms with van der Waals surface area (Å²) in [5, 5.41) is 9.05. The molecule has 1 saturated heterocycles. The molecule has 1 fully saturated rings. The van der Waals surface area contributed by atoms with Gasteiger partial charge in [-0.1, -0.05) is 12.1 Å². The topological polar surface area (TPSA) is 26.7 Å². The van der Waals surface area contributed by atoms with Crippen LogP contribution in [-0.2, 0) is 6.54 Å². The van der Waals surface area contributed by atoms with Gasteiger partial charge >= 0.3 is 0 Å². The van der Waals surface area contributed by atoms with Gasteiger partial charge in [0.05, 0.1) is 0 Å². The van der Waals surface area contributed by atoms with E-state index in [1.165, 1.54) is 6.07 Å². The van der Waals surface area contributed by atoms with E-state index in [0.29, 0.717) is 6.04 Å². The standard InChI is InChI=1S/C14H21FN2O/c1-16-6-7-17(11-14(16)5-8-18)10-12-3-2-4-13(15)9-12/h2-4,9,14,18H,5-8,10-11H2,1H3/t14-/m1/s1. The number of benzene rings is 1. The molecule has 1 atom stereocenters. The van der Waals surface area contributed by atoms with Gasteiger partial charge in [0.25, 0.3) is 0 Å². The van der Waals surface area contributed by atoms with Gasteiger partial charge in [0, 0.05) is 38.8 Å². The molecule has 18 heavy (non-hydrogen) atoms. The highest BCUT2D eigenvalue weighted by atomic mass is 19.1. The summed E-state index contributed by atoms with van der Waals surface area (Å²) < 4.78 is 13.1. The van der Waals surface area contributed by atoms with E-state index < -0.39 is 0 Å². The van der Waals surface area contributed by atoms with Crippen molar-refractivity contribution in [1.29, 1.82) is 0 Å². The van der Waals surface area contributed by atoms with E-state index in [1.807, 2.05) is 6.07 Å². The van der Waals surface area contributed by atoms with Crippen LogP contribution in [-0.4, -0.2) is 54.2 Å². The SMILES string of the molecule is CN1CCN(Cc2cccc(F)c2)C[C@H]1CCO. The van der Waals surface area contributed by atoms with Gasteiger partial charge in [0.15, 0.2) is 0 Å². The molecule has 0 bridgehead atoms. The lowest BCUT2D eigenvalue weighted by molar-refractivity contribution is 0.0742. The van der Waals surface area contributed by atoms with Crippen molar-refractivity contribution in [3.8, 4) is 0 Å². The van der Waals surface area contributed by atoms with Crippen LogP contribution in [0.5, 0.6) is 0 Å². The fourth-order valence-corrected chi connectivity index (χ4v) is 2.51. The Bertz CT molecular complexity index is 386. The third-order valence-corrected chi connectivity index (χ3v) is 3.62. The maximum Gasteiger partial charge on any atom is 0.123 e. The van der Waals surface area contributed by atoms with Gasteiger partial charge < -0.3 is 10.0 Å². The molecule has 0 unspecified atom stereocenters. The molecule has 1 aliphatic heterocycles. The quantitative estimate of drug-likeness (QED) is 0.875. The second kappa shape index (κ2) is 6.27. The van der Waals surface area contributed by atoms with Crippen LogP contribution in [0.3, 0.4) is 0 Å². The molecule has 1 aliphatic rings. The minimum absolute atomic E-state index is 0.173. The zero-order chi connectivity index (χ0) is 13.0. The average molecular weight is 252 g/mol. The molecule has 1 N–H and O–H groups in total. The Morgan fingerprint density at radius 2 is 2.22 bits per heavy atom. The van der Waals surface area contributed by atoms with Crippen LogP contribution in [0.1, 0.15) is 12.0 Å². The van der Waals surface area contributed by atoms with E-state index >= 15 is 0 Å².